The van der Waals surface area contributed by atoms with Gasteiger partial charge in [-0.25, -0.2) is 4.39 Å². The van der Waals surface area contributed by atoms with Crippen molar-refractivity contribution in [1.82, 2.24) is 5.32 Å². The van der Waals surface area contributed by atoms with Gasteiger partial charge in [0.1, 0.15) is 23.4 Å². The third kappa shape index (κ3) is 3.27. The van der Waals surface area contributed by atoms with E-state index in [1.807, 2.05) is 13.1 Å². The van der Waals surface area contributed by atoms with Crippen LogP contribution in [0, 0.1) is 17.1 Å². The quantitative estimate of drug-likeness (QED) is 0.930. The van der Waals surface area contributed by atoms with Crippen molar-refractivity contribution >= 4 is 11.6 Å². The lowest BCUT2D eigenvalue weighted by Gasteiger charge is -2.09. The molecule has 20 heavy (non-hydrogen) atoms. The number of nitriles is 1. The molecule has 0 aliphatic carbocycles. The maximum absolute atomic E-state index is 13.1. The van der Waals surface area contributed by atoms with E-state index in [4.69, 9.17) is 21.6 Å². The third-order valence-corrected chi connectivity index (χ3v) is 2.95. The molecule has 0 fully saturated rings. The van der Waals surface area contributed by atoms with Crippen LogP contribution in [0.4, 0.5) is 4.39 Å². The fourth-order valence-corrected chi connectivity index (χ4v) is 1.91. The molecule has 0 bridgehead atoms. The number of rotatable bonds is 4. The molecule has 2 aromatic carbocycles. The van der Waals surface area contributed by atoms with Crippen LogP contribution in [0.25, 0.3) is 0 Å². The molecule has 2 aromatic rings. The Labute approximate surface area is 121 Å². The van der Waals surface area contributed by atoms with Crippen molar-refractivity contribution in [3.63, 3.8) is 0 Å². The highest BCUT2D eigenvalue weighted by Gasteiger charge is 2.08. The van der Waals surface area contributed by atoms with Crippen LogP contribution in [-0.2, 0) is 6.54 Å². The van der Waals surface area contributed by atoms with E-state index >= 15 is 0 Å². The number of benzene rings is 2. The van der Waals surface area contributed by atoms with E-state index < -0.39 is 5.82 Å². The Bertz CT molecular complexity index is 667. The Morgan fingerprint density at radius 3 is 2.75 bits per heavy atom. The second-order valence-corrected chi connectivity index (χ2v) is 4.56. The second kappa shape index (κ2) is 6.38. The third-order valence-electron chi connectivity index (χ3n) is 2.66. The monoisotopic (exact) mass is 290 g/mol. The molecule has 0 aromatic heterocycles. The summed E-state index contributed by atoms with van der Waals surface area (Å²) in [4.78, 5) is 0. The van der Waals surface area contributed by atoms with Crippen molar-refractivity contribution in [3.8, 4) is 17.6 Å². The van der Waals surface area contributed by atoms with Gasteiger partial charge in [-0.2, -0.15) is 5.26 Å². The largest absolute Gasteiger partial charge is 0.456 e. The molecule has 0 saturated heterocycles. The average molecular weight is 291 g/mol. The first-order valence-electron chi connectivity index (χ1n) is 5.94. The number of ether oxygens (including phenoxy) is 1. The maximum Gasteiger partial charge on any atom is 0.145 e. The van der Waals surface area contributed by atoms with Gasteiger partial charge in [0.15, 0.2) is 0 Å². The molecule has 0 saturated carbocycles. The van der Waals surface area contributed by atoms with E-state index in [0.29, 0.717) is 23.6 Å². The van der Waals surface area contributed by atoms with Crippen LogP contribution in [0.2, 0.25) is 5.02 Å². The van der Waals surface area contributed by atoms with Crippen molar-refractivity contribution in [2.75, 3.05) is 7.05 Å². The van der Waals surface area contributed by atoms with Gasteiger partial charge >= 0.3 is 0 Å². The molecule has 0 radical (unpaired) electrons. The minimum absolute atomic E-state index is 0.0205. The summed E-state index contributed by atoms with van der Waals surface area (Å²) in [6.45, 7) is 0.664. The molecule has 3 nitrogen and oxygen atoms in total. The molecule has 102 valence electrons. The SMILES string of the molecule is CNCc1ccc(Oc2ccc(F)c(Cl)c2)c(C#N)c1. The molecular formula is C15H12ClFN2O. The van der Waals surface area contributed by atoms with Crippen molar-refractivity contribution in [2.24, 2.45) is 0 Å². The normalized spacial score (nSPS) is 10.1. The lowest BCUT2D eigenvalue weighted by atomic mass is 10.1. The zero-order valence-electron chi connectivity index (χ0n) is 10.8. The Balaban J connectivity index is 2.28. The van der Waals surface area contributed by atoms with Crippen LogP contribution in [-0.4, -0.2) is 7.05 Å². The van der Waals surface area contributed by atoms with E-state index in [9.17, 15) is 4.39 Å². The molecule has 0 aliphatic heterocycles. The van der Waals surface area contributed by atoms with E-state index in [-0.39, 0.29) is 5.02 Å². The van der Waals surface area contributed by atoms with Gasteiger partial charge in [0, 0.05) is 12.6 Å². The summed E-state index contributed by atoms with van der Waals surface area (Å²) < 4.78 is 18.6. The van der Waals surface area contributed by atoms with Crippen LogP contribution in [0.1, 0.15) is 11.1 Å². The average Bonchev–Trinajstić information content (AvgIpc) is 2.45. The van der Waals surface area contributed by atoms with Crippen LogP contribution >= 0.6 is 11.6 Å². The smallest absolute Gasteiger partial charge is 0.145 e. The van der Waals surface area contributed by atoms with E-state index in [2.05, 4.69) is 11.4 Å². The molecule has 0 heterocycles. The van der Waals surface area contributed by atoms with Crippen LogP contribution in [0.3, 0.4) is 0 Å². The minimum atomic E-state index is -0.510. The first-order valence-corrected chi connectivity index (χ1v) is 6.32. The number of nitrogens with zero attached hydrogens (tertiary/aromatic N) is 1. The van der Waals surface area contributed by atoms with Gasteiger partial charge in [-0.1, -0.05) is 17.7 Å². The van der Waals surface area contributed by atoms with Crippen LogP contribution < -0.4 is 10.1 Å². The van der Waals surface area contributed by atoms with E-state index in [1.54, 1.807) is 12.1 Å². The minimum Gasteiger partial charge on any atom is -0.456 e. The molecule has 0 amide bonds. The van der Waals surface area contributed by atoms with Crippen molar-refractivity contribution < 1.29 is 9.13 Å². The fraction of sp³-hybridized carbons (Fsp3) is 0.133. The topological polar surface area (TPSA) is 45.0 Å². The summed E-state index contributed by atoms with van der Waals surface area (Å²) in [5, 5.41) is 12.1. The second-order valence-electron chi connectivity index (χ2n) is 4.15. The number of hydrogen-bond acceptors (Lipinski definition) is 3. The van der Waals surface area contributed by atoms with Crippen molar-refractivity contribution in [3.05, 3.63) is 58.4 Å². The maximum atomic E-state index is 13.1. The van der Waals surface area contributed by atoms with Gasteiger partial charge in [0.05, 0.1) is 10.6 Å². The van der Waals surface area contributed by atoms with Crippen molar-refractivity contribution in [2.45, 2.75) is 6.54 Å². The highest BCUT2D eigenvalue weighted by Crippen LogP contribution is 2.28. The Morgan fingerprint density at radius 2 is 2.10 bits per heavy atom. The highest BCUT2D eigenvalue weighted by molar-refractivity contribution is 6.30. The summed E-state index contributed by atoms with van der Waals surface area (Å²) >= 11 is 5.69. The first kappa shape index (κ1) is 14.3. The molecule has 1 N–H and O–H groups in total. The highest BCUT2D eigenvalue weighted by atomic mass is 35.5. The zero-order chi connectivity index (χ0) is 14.5. The predicted molar refractivity (Wildman–Crippen MR) is 75.4 cm³/mol. The molecule has 0 atom stereocenters. The summed E-state index contributed by atoms with van der Waals surface area (Å²) in [5.41, 5.74) is 1.40. The molecule has 5 heteroatoms. The van der Waals surface area contributed by atoms with Crippen LogP contribution in [0.5, 0.6) is 11.5 Å². The van der Waals surface area contributed by atoms with Crippen LogP contribution in [0.15, 0.2) is 36.4 Å². The fourth-order valence-electron chi connectivity index (χ4n) is 1.73. The molecular weight excluding hydrogens is 279 g/mol. The lowest BCUT2D eigenvalue weighted by molar-refractivity contribution is 0.479. The van der Waals surface area contributed by atoms with Crippen molar-refractivity contribution in [1.29, 1.82) is 5.26 Å². The van der Waals surface area contributed by atoms with Gasteiger partial charge in [-0.15, -0.1) is 0 Å². The first-order chi connectivity index (χ1) is 9.63. The summed E-state index contributed by atoms with van der Waals surface area (Å²) in [6.07, 6.45) is 0. The Morgan fingerprint density at radius 1 is 1.30 bits per heavy atom. The van der Waals surface area contributed by atoms with E-state index in [1.165, 1.54) is 18.2 Å². The molecule has 0 spiro atoms. The van der Waals surface area contributed by atoms with E-state index in [0.717, 1.165) is 5.56 Å². The standard InChI is InChI=1S/C15H12ClFN2O/c1-19-9-10-2-5-15(11(6-10)8-18)20-12-3-4-14(17)13(16)7-12/h2-7,19H,9H2,1H3. The van der Waals surface area contributed by atoms with Gasteiger partial charge in [0.2, 0.25) is 0 Å². The molecule has 2 rings (SSSR count). The molecule has 0 aliphatic rings. The number of halogens is 2. The van der Waals surface area contributed by atoms with Gasteiger partial charge in [-0.3, -0.25) is 0 Å². The van der Waals surface area contributed by atoms with Gasteiger partial charge in [-0.05, 0) is 36.9 Å². The Hall–Kier alpha value is -2.09. The number of hydrogen-bond donors (Lipinski definition) is 1. The Kier molecular flexibility index (Phi) is 4.57. The predicted octanol–water partition coefficient (Wildman–Crippen LogP) is 3.86. The molecule has 0 unspecified atom stereocenters. The lowest BCUT2D eigenvalue weighted by Crippen LogP contribution is -2.05. The summed E-state index contributed by atoms with van der Waals surface area (Å²) in [6, 6.07) is 11.5. The van der Waals surface area contributed by atoms with Gasteiger partial charge < -0.3 is 10.1 Å². The summed E-state index contributed by atoms with van der Waals surface area (Å²) in [7, 11) is 1.83. The van der Waals surface area contributed by atoms with Gasteiger partial charge in [0.25, 0.3) is 0 Å². The zero-order valence-corrected chi connectivity index (χ0v) is 11.5. The number of nitrogens with one attached hydrogen (secondary N) is 1. The summed E-state index contributed by atoms with van der Waals surface area (Å²) in [5.74, 6) is 0.285.